The average molecular weight is 531 g/mol. The van der Waals surface area contributed by atoms with Crippen LogP contribution in [0.4, 0.5) is 15.9 Å². The van der Waals surface area contributed by atoms with Crippen LogP contribution in [-0.2, 0) is 6.54 Å². The summed E-state index contributed by atoms with van der Waals surface area (Å²) in [5.41, 5.74) is 2.51. The molecular weight excluding hydrogens is 499 g/mol. The molecule has 5 rings (SSSR count). The molecule has 0 atom stereocenters. The minimum absolute atomic E-state index is 0.185. The number of aromatic nitrogens is 2. The molecular formula is C30H31FN4O2S. The average Bonchev–Trinajstić information content (AvgIpc) is 3.41. The summed E-state index contributed by atoms with van der Waals surface area (Å²) in [5, 5.41) is 0. The first kappa shape index (κ1) is 25.9. The molecule has 1 saturated heterocycles. The molecule has 4 aromatic rings. The predicted octanol–water partition coefficient (Wildman–Crippen LogP) is 6.74. The number of hydrogen-bond acceptors (Lipinski definition) is 6. The van der Waals surface area contributed by atoms with Crippen molar-refractivity contribution >= 4 is 28.7 Å². The number of hydrogen-bond donors (Lipinski definition) is 0. The molecule has 2 aromatic heterocycles. The van der Waals surface area contributed by atoms with Crippen molar-refractivity contribution in [2.75, 3.05) is 30.0 Å². The number of aryl methyl sites for hydroxylation is 1. The van der Waals surface area contributed by atoms with Crippen LogP contribution in [0.1, 0.15) is 40.7 Å². The Morgan fingerprint density at radius 3 is 2.58 bits per heavy atom. The number of halogens is 1. The standard InChI is InChI=1S/C30H31FN4O2S/c1-20-12-14-34(15-13-20)29-18-32-25(17-33-29)30(36)35(26-7-5-4-6-24(26)31)19-23-9-11-28(38-23)22-8-10-27(37-3)21(2)16-22/h4-11,16-18,20H,12-15,19H2,1-3H3. The van der Waals surface area contributed by atoms with Crippen molar-refractivity contribution in [1.82, 2.24) is 9.97 Å². The van der Waals surface area contributed by atoms with Crippen LogP contribution < -0.4 is 14.5 Å². The maximum Gasteiger partial charge on any atom is 0.278 e. The minimum Gasteiger partial charge on any atom is -0.496 e. The summed E-state index contributed by atoms with van der Waals surface area (Å²) in [6.07, 6.45) is 5.38. The number of carbonyl (C=O) groups is 1. The van der Waals surface area contributed by atoms with E-state index in [0.29, 0.717) is 5.92 Å². The monoisotopic (exact) mass is 530 g/mol. The molecule has 1 aliphatic rings. The van der Waals surface area contributed by atoms with Gasteiger partial charge in [0.15, 0.2) is 0 Å². The molecule has 0 spiro atoms. The van der Waals surface area contributed by atoms with Gasteiger partial charge in [0.25, 0.3) is 5.91 Å². The smallest absolute Gasteiger partial charge is 0.278 e. The maximum atomic E-state index is 14.9. The highest BCUT2D eigenvalue weighted by Crippen LogP contribution is 2.33. The van der Waals surface area contributed by atoms with Crippen molar-refractivity contribution in [2.45, 2.75) is 33.2 Å². The lowest BCUT2D eigenvalue weighted by Gasteiger charge is -2.31. The highest BCUT2D eigenvalue weighted by atomic mass is 32.1. The molecule has 8 heteroatoms. The van der Waals surface area contributed by atoms with Crippen LogP contribution in [-0.4, -0.2) is 36.1 Å². The zero-order valence-corrected chi connectivity index (χ0v) is 22.7. The summed E-state index contributed by atoms with van der Waals surface area (Å²) in [7, 11) is 1.66. The number of carbonyl (C=O) groups excluding carboxylic acids is 1. The number of amides is 1. The van der Waals surface area contributed by atoms with Gasteiger partial charge in [0.1, 0.15) is 23.1 Å². The Balaban J connectivity index is 1.40. The summed E-state index contributed by atoms with van der Waals surface area (Å²) < 4.78 is 20.3. The van der Waals surface area contributed by atoms with E-state index in [-0.39, 0.29) is 17.9 Å². The quantitative estimate of drug-likeness (QED) is 0.265. The van der Waals surface area contributed by atoms with Gasteiger partial charge in [-0.3, -0.25) is 9.69 Å². The van der Waals surface area contributed by atoms with Gasteiger partial charge in [-0.15, -0.1) is 11.3 Å². The van der Waals surface area contributed by atoms with Crippen molar-refractivity contribution in [3.8, 4) is 16.2 Å². The zero-order valence-electron chi connectivity index (χ0n) is 21.9. The molecule has 3 heterocycles. The van der Waals surface area contributed by atoms with Crippen LogP contribution in [0.5, 0.6) is 5.75 Å². The van der Waals surface area contributed by atoms with Gasteiger partial charge in [-0.05, 0) is 79.3 Å². The Bertz CT molecular complexity index is 1410. The van der Waals surface area contributed by atoms with Crippen LogP contribution in [0.25, 0.3) is 10.4 Å². The van der Waals surface area contributed by atoms with Gasteiger partial charge in [0.2, 0.25) is 0 Å². The van der Waals surface area contributed by atoms with E-state index in [9.17, 15) is 9.18 Å². The number of anilines is 2. The van der Waals surface area contributed by atoms with Gasteiger partial charge in [0.05, 0.1) is 31.7 Å². The molecule has 0 saturated carbocycles. The van der Waals surface area contributed by atoms with E-state index in [2.05, 4.69) is 27.9 Å². The summed E-state index contributed by atoms with van der Waals surface area (Å²) in [6.45, 7) is 6.34. The zero-order chi connectivity index (χ0) is 26.6. The Morgan fingerprint density at radius 1 is 1.11 bits per heavy atom. The third-order valence-corrected chi connectivity index (χ3v) is 8.13. The number of para-hydroxylation sites is 1. The number of thiophene rings is 1. The first-order chi connectivity index (χ1) is 18.4. The molecule has 1 amide bonds. The van der Waals surface area contributed by atoms with Crippen molar-refractivity contribution in [3.63, 3.8) is 0 Å². The van der Waals surface area contributed by atoms with Gasteiger partial charge in [-0.2, -0.15) is 0 Å². The fraction of sp³-hybridized carbons (Fsp3) is 0.300. The highest BCUT2D eigenvalue weighted by Gasteiger charge is 2.24. The minimum atomic E-state index is -0.463. The second-order valence-electron chi connectivity index (χ2n) is 9.72. The number of nitrogens with zero attached hydrogens (tertiary/aromatic N) is 4. The van der Waals surface area contributed by atoms with Crippen molar-refractivity contribution < 1.29 is 13.9 Å². The molecule has 196 valence electrons. The van der Waals surface area contributed by atoms with E-state index in [4.69, 9.17) is 4.74 Å². The van der Waals surface area contributed by atoms with Gasteiger partial charge in [-0.1, -0.05) is 19.1 Å². The van der Waals surface area contributed by atoms with Crippen molar-refractivity contribution in [3.05, 3.63) is 88.9 Å². The topological polar surface area (TPSA) is 58.6 Å². The second kappa shape index (κ2) is 11.3. The summed E-state index contributed by atoms with van der Waals surface area (Å²) in [6, 6.07) is 16.4. The van der Waals surface area contributed by atoms with E-state index in [0.717, 1.165) is 58.4 Å². The fourth-order valence-corrected chi connectivity index (χ4v) is 5.71. The third-order valence-electron chi connectivity index (χ3n) is 7.01. The Hall–Kier alpha value is -3.78. The molecule has 0 unspecified atom stereocenters. The van der Waals surface area contributed by atoms with E-state index in [1.54, 1.807) is 42.8 Å². The van der Waals surface area contributed by atoms with Gasteiger partial charge in [-0.25, -0.2) is 14.4 Å². The number of ether oxygens (including phenoxy) is 1. The molecule has 0 bridgehead atoms. The summed E-state index contributed by atoms with van der Waals surface area (Å²) in [4.78, 5) is 28.3. The van der Waals surface area contributed by atoms with Crippen LogP contribution in [0, 0.1) is 18.7 Å². The number of methoxy groups -OCH3 is 1. The lowest BCUT2D eigenvalue weighted by atomic mass is 9.99. The Labute approximate surface area is 226 Å². The number of rotatable bonds is 7. The van der Waals surface area contributed by atoms with E-state index < -0.39 is 11.7 Å². The molecule has 1 fully saturated rings. The van der Waals surface area contributed by atoms with Crippen LogP contribution in [0.2, 0.25) is 0 Å². The van der Waals surface area contributed by atoms with Crippen molar-refractivity contribution in [1.29, 1.82) is 0 Å². The van der Waals surface area contributed by atoms with Crippen molar-refractivity contribution in [2.24, 2.45) is 5.92 Å². The SMILES string of the molecule is COc1ccc(-c2ccc(CN(C(=O)c3cnc(N4CCC(C)CC4)cn3)c3ccccc3F)s2)cc1C. The van der Waals surface area contributed by atoms with E-state index in [1.807, 2.05) is 31.2 Å². The van der Waals surface area contributed by atoms with E-state index in [1.165, 1.54) is 17.2 Å². The lowest BCUT2D eigenvalue weighted by molar-refractivity contribution is 0.0979. The third kappa shape index (κ3) is 5.55. The van der Waals surface area contributed by atoms with Crippen LogP contribution >= 0.6 is 11.3 Å². The Kier molecular flexibility index (Phi) is 7.69. The molecule has 1 aliphatic heterocycles. The van der Waals surface area contributed by atoms with Crippen LogP contribution in [0.15, 0.2) is 67.0 Å². The summed E-state index contributed by atoms with van der Waals surface area (Å²) in [5.74, 6) is 1.46. The highest BCUT2D eigenvalue weighted by molar-refractivity contribution is 7.15. The van der Waals surface area contributed by atoms with Gasteiger partial charge < -0.3 is 9.64 Å². The second-order valence-corrected chi connectivity index (χ2v) is 10.9. The lowest BCUT2D eigenvalue weighted by Crippen LogP contribution is -2.34. The maximum absolute atomic E-state index is 14.9. The number of piperidine rings is 1. The molecule has 2 aromatic carbocycles. The number of benzene rings is 2. The first-order valence-electron chi connectivity index (χ1n) is 12.8. The van der Waals surface area contributed by atoms with Gasteiger partial charge in [0, 0.05) is 22.8 Å². The Morgan fingerprint density at radius 2 is 1.89 bits per heavy atom. The molecule has 6 nitrogen and oxygen atoms in total. The van der Waals surface area contributed by atoms with Crippen LogP contribution in [0.3, 0.4) is 0 Å². The fourth-order valence-electron chi connectivity index (χ4n) is 4.71. The molecule has 0 radical (unpaired) electrons. The van der Waals surface area contributed by atoms with Gasteiger partial charge >= 0.3 is 0 Å². The summed E-state index contributed by atoms with van der Waals surface area (Å²) >= 11 is 1.57. The largest absolute Gasteiger partial charge is 0.496 e. The van der Waals surface area contributed by atoms with E-state index >= 15 is 0 Å². The molecule has 0 aliphatic carbocycles. The predicted molar refractivity (Wildman–Crippen MR) is 151 cm³/mol. The normalized spacial score (nSPS) is 13.9. The first-order valence-corrected chi connectivity index (χ1v) is 13.6. The molecule has 38 heavy (non-hydrogen) atoms. The molecule has 0 N–H and O–H groups in total.